The van der Waals surface area contributed by atoms with E-state index in [0.29, 0.717) is 41.0 Å². The van der Waals surface area contributed by atoms with Crippen molar-refractivity contribution in [3.8, 4) is 11.5 Å². The summed E-state index contributed by atoms with van der Waals surface area (Å²) in [5.41, 5.74) is 6.07. The molecule has 0 aliphatic heterocycles. The summed E-state index contributed by atoms with van der Waals surface area (Å²) in [5, 5.41) is 4.62. The number of hydrogen-bond acceptors (Lipinski definition) is 6. The van der Waals surface area contributed by atoms with Gasteiger partial charge in [-0.2, -0.15) is 5.10 Å². The maximum absolute atomic E-state index is 12.5. The summed E-state index contributed by atoms with van der Waals surface area (Å²) in [5.74, 6) is 0.507. The van der Waals surface area contributed by atoms with Gasteiger partial charge in [0, 0.05) is 5.02 Å². The molecule has 0 aliphatic rings. The van der Waals surface area contributed by atoms with Crippen molar-refractivity contribution in [1.29, 1.82) is 0 Å². The molecule has 0 atom stereocenters. The number of hydrazone groups is 1. The van der Waals surface area contributed by atoms with Crippen molar-refractivity contribution in [3.05, 3.63) is 87.9 Å². The molecule has 0 saturated heterocycles. The van der Waals surface area contributed by atoms with E-state index in [9.17, 15) is 13.2 Å². The summed E-state index contributed by atoms with van der Waals surface area (Å²) in [4.78, 5) is 12.5. The van der Waals surface area contributed by atoms with Gasteiger partial charge in [0.05, 0.1) is 24.8 Å². The number of sulfonamides is 1. The zero-order valence-corrected chi connectivity index (χ0v) is 22.8. The maximum Gasteiger partial charge on any atom is 0.260 e. The number of nitrogens with zero attached hydrogens (tertiary/aromatic N) is 2. The van der Waals surface area contributed by atoms with E-state index >= 15 is 0 Å². The van der Waals surface area contributed by atoms with E-state index in [0.717, 1.165) is 27.3 Å². The van der Waals surface area contributed by atoms with Crippen LogP contribution < -0.4 is 19.2 Å². The molecule has 0 saturated carbocycles. The van der Waals surface area contributed by atoms with Crippen molar-refractivity contribution >= 4 is 39.4 Å². The quantitative estimate of drug-likeness (QED) is 0.275. The lowest BCUT2D eigenvalue weighted by Crippen LogP contribution is -2.39. The van der Waals surface area contributed by atoms with E-state index < -0.39 is 22.5 Å². The van der Waals surface area contributed by atoms with Gasteiger partial charge in [0.25, 0.3) is 5.91 Å². The molecule has 0 fully saturated rings. The Bertz CT molecular complexity index is 1390. The van der Waals surface area contributed by atoms with Crippen LogP contribution in [0.25, 0.3) is 0 Å². The molecule has 0 heterocycles. The molecule has 3 aromatic carbocycles. The highest BCUT2D eigenvalue weighted by atomic mass is 35.5. The van der Waals surface area contributed by atoms with Crippen molar-refractivity contribution in [1.82, 2.24) is 5.43 Å². The summed E-state index contributed by atoms with van der Waals surface area (Å²) < 4.78 is 37.5. The molecule has 0 spiro atoms. The van der Waals surface area contributed by atoms with Crippen LogP contribution >= 0.6 is 11.6 Å². The second-order valence-electron chi connectivity index (χ2n) is 8.41. The average molecular weight is 544 g/mol. The number of aryl methyl sites for hydroxylation is 2. The SMILES string of the molecule is CCOc1cc(/C=N\NC(=O)CN(c2cc(C)ccc2C)S(C)(=O)=O)ccc1OCc1cccc(Cl)c1. The smallest absolute Gasteiger partial charge is 0.260 e. The first-order valence-electron chi connectivity index (χ1n) is 11.6. The summed E-state index contributed by atoms with van der Waals surface area (Å²) in [6, 6.07) is 18.1. The molecule has 10 heteroatoms. The van der Waals surface area contributed by atoms with Gasteiger partial charge < -0.3 is 9.47 Å². The van der Waals surface area contributed by atoms with E-state index in [1.807, 2.05) is 44.2 Å². The highest BCUT2D eigenvalue weighted by Crippen LogP contribution is 2.29. The number of nitrogens with one attached hydrogen (secondary N) is 1. The summed E-state index contributed by atoms with van der Waals surface area (Å²) in [7, 11) is -3.69. The Kier molecular flexibility index (Phi) is 9.54. The minimum absolute atomic E-state index is 0.321. The van der Waals surface area contributed by atoms with Crippen LogP contribution in [0.3, 0.4) is 0 Å². The van der Waals surface area contributed by atoms with Crippen LogP contribution in [0.4, 0.5) is 5.69 Å². The van der Waals surface area contributed by atoms with E-state index in [2.05, 4.69) is 10.5 Å². The molecular formula is C27H30ClN3O5S. The Morgan fingerprint density at radius 3 is 2.54 bits per heavy atom. The Labute approximate surface area is 222 Å². The predicted molar refractivity (Wildman–Crippen MR) is 147 cm³/mol. The zero-order chi connectivity index (χ0) is 27.0. The first kappa shape index (κ1) is 28.0. The molecule has 37 heavy (non-hydrogen) atoms. The standard InChI is InChI=1S/C27H30ClN3O5S/c1-5-35-26-15-21(11-12-25(26)36-18-22-7-6-8-23(28)14-22)16-29-30-27(32)17-31(37(4,33)34)24-13-19(2)9-10-20(24)3/h6-16H,5,17-18H2,1-4H3,(H,30,32)/b29-16-. The Morgan fingerprint density at radius 1 is 1.05 bits per heavy atom. The minimum Gasteiger partial charge on any atom is -0.490 e. The monoisotopic (exact) mass is 543 g/mol. The van der Waals surface area contributed by atoms with Crippen LogP contribution in [0.5, 0.6) is 11.5 Å². The largest absolute Gasteiger partial charge is 0.490 e. The number of ether oxygens (including phenoxy) is 2. The molecule has 3 aromatic rings. The molecule has 0 aliphatic carbocycles. The van der Waals surface area contributed by atoms with Crippen LogP contribution in [-0.2, 0) is 21.4 Å². The van der Waals surface area contributed by atoms with Crippen molar-refractivity contribution in [3.63, 3.8) is 0 Å². The summed E-state index contributed by atoms with van der Waals surface area (Å²) in [6.45, 7) is 5.87. The van der Waals surface area contributed by atoms with Crippen molar-refractivity contribution in [2.24, 2.45) is 5.10 Å². The van der Waals surface area contributed by atoms with Crippen molar-refractivity contribution < 1.29 is 22.7 Å². The number of carbonyl (C=O) groups excluding carboxylic acids is 1. The Balaban J connectivity index is 1.68. The molecule has 3 rings (SSSR count). The molecule has 1 N–H and O–H groups in total. The number of carbonyl (C=O) groups is 1. The van der Waals surface area contributed by atoms with Gasteiger partial charge in [-0.25, -0.2) is 13.8 Å². The fourth-order valence-corrected chi connectivity index (χ4v) is 4.61. The lowest BCUT2D eigenvalue weighted by molar-refractivity contribution is -0.119. The Hall–Kier alpha value is -3.56. The van der Waals surface area contributed by atoms with E-state index in [4.69, 9.17) is 21.1 Å². The highest BCUT2D eigenvalue weighted by molar-refractivity contribution is 7.92. The minimum atomic E-state index is -3.69. The van der Waals surface area contributed by atoms with Gasteiger partial charge in [0.2, 0.25) is 10.0 Å². The van der Waals surface area contributed by atoms with Gasteiger partial charge in [0.1, 0.15) is 13.2 Å². The average Bonchev–Trinajstić information content (AvgIpc) is 2.83. The second kappa shape index (κ2) is 12.6. The predicted octanol–water partition coefficient (Wildman–Crippen LogP) is 4.85. The second-order valence-corrected chi connectivity index (χ2v) is 10.8. The fourth-order valence-electron chi connectivity index (χ4n) is 3.49. The van der Waals surface area contributed by atoms with Crippen LogP contribution in [-0.4, -0.2) is 39.9 Å². The third kappa shape index (κ3) is 8.23. The number of hydrogen-bond donors (Lipinski definition) is 1. The lowest BCUT2D eigenvalue weighted by Gasteiger charge is -2.23. The van der Waals surface area contributed by atoms with E-state index in [1.54, 1.807) is 37.3 Å². The van der Waals surface area contributed by atoms with Gasteiger partial charge in [-0.3, -0.25) is 9.10 Å². The Morgan fingerprint density at radius 2 is 1.84 bits per heavy atom. The highest BCUT2D eigenvalue weighted by Gasteiger charge is 2.22. The summed E-state index contributed by atoms with van der Waals surface area (Å²) in [6.07, 6.45) is 2.51. The number of benzene rings is 3. The molecule has 0 bridgehead atoms. The molecule has 0 aromatic heterocycles. The molecule has 8 nitrogen and oxygen atoms in total. The molecule has 1 amide bonds. The summed E-state index contributed by atoms with van der Waals surface area (Å²) >= 11 is 6.04. The van der Waals surface area contributed by atoms with Gasteiger partial charge in [0.15, 0.2) is 11.5 Å². The van der Waals surface area contributed by atoms with E-state index in [1.165, 1.54) is 6.21 Å². The van der Waals surface area contributed by atoms with Crippen molar-refractivity contribution in [2.75, 3.05) is 23.7 Å². The van der Waals surface area contributed by atoms with Gasteiger partial charge >= 0.3 is 0 Å². The van der Waals surface area contributed by atoms with Crippen LogP contribution in [0.1, 0.15) is 29.2 Å². The first-order valence-corrected chi connectivity index (χ1v) is 13.8. The number of amides is 1. The molecular weight excluding hydrogens is 514 g/mol. The van der Waals surface area contributed by atoms with Gasteiger partial charge in [-0.05, 0) is 79.4 Å². The third-order valence-corrected chi connectivity index (χ3v) is 6.64. The first-order chi connectivity index (χ1) is 17.6. The van der Waals surface area contributed by atoms with Gasteiger partial charge in [-0.1, -0.05) is 35.9 Å². The van der Waals surface area contributed by atoms with Crippen LogP contribution in [0.2, 0.25) is 5.02 Å². The van der Waals surface area contributed by atoms with Crippen LogP contribution in [0, 0.1) is 13.8 Å². The maximum atomic E-state index is 12.5. The number of halogens is 1. The number of rotatable bonds is 11. The van der Waals surface area contributed by atoms with Crippen LogP contribution in [0.15, 0.2) is 65.8 Å². The topological polar surface area (TPSA) is 97.3 Å². The third-order valence-electron chi connectivity index (χ3n) is 5.27. The number of anilines is 1. The molecule has 196 valence electrons. The fraction of sp³-hybridized carbons (Fsp3) is 0.259. The molecule has 0 unspecified atom stereocenters. The lowest BCUT2D eigenvalue weighted by atomic mass is 10.1. The van der Waals surface area contributed by atoms with Gasteiger partial charge in [-0.15, -0.1) is 0 Å². The zero-order valence-electron chi connectivity index (χ0n) is 21.2. The van der Waals surface area contributed by atoms with E-state index in [-0.39, 0.29) is 0 Å². The normalized spacial score (nSPS) is 11.4. The van der Waals surface area contributed by atoms with Crippen molar-refractivity contribution in [2.45, 2.75) is 27.4 Å². The molecule has 0 radical (unpaired) electrons.